The molecular formula is C12H20NO+. The summed E-state index contributed by atoms with van der Waals surface area (Å²) in [5, 5.41) is 0. The van der Waals surface area contributed by atoms with Crippen LogP contribution in [-0.2, 0) is 4.74 Å². The van der Waals surface area contributed by atoms with Crippen molar-refractivity contribution < 1.29 is 9.31 Å². The third kappa shape index (κ3) is 2.47. The highest BCUT2D eigenvalue weighted by Crippen LogP contribution is 2.15. The molecule has 0 saturated carbocycles. The average Bonchev–Trinajstić information content (AvgIpc) is 2.58. The van der Waals surface area contributed by atoms with Crippen molar-refractivity contribution >= 4 is 5.90 Å². The summed E-state index contributed by atoms with van der Waals surface area (Å²) in [4.78, 5) is 0. The molecule has 1 heterocycles. The van der Waals surface area contributed by atoms with E-state index in [2.05, 4.69) is 30.4 Å². The van der Waals surface area contributed by atoms with Crippen LogP contribution in [0.1, 0.15) is 33.1 Å². The van der Waals surface area contributed by atoms with Crippen molar-refractivity contribution in [1.82, 2.24) is 0 Å². The number of rotatable bonds is 4. The van der Waals surface area contributed by atoms with Gasteiger partial charge in [-0.05, 0) is 25.5 Å². The van der Waals surface area contributed by atoms with Gasteiger partial charge in [0.25, 0.3) is 0 Å². The summed E-state index contributed by atoms with van der Waals surface area (Å²) >= 11 is 0. The maximum Gasteiger partial charge on any atom is 0.342 e. The van der Waals surface area contributed by atoms with E-state index in [9.17, 15) is 0 Å². The van der Waals surface area contributed by atoms with E-state index in [1.54, 1.807) is 0 Å². The fourth-order valence-corrected chi connectivity index (χ4v) is 1.68. The number of allylic oxidation sites excluding steroid dienone is 1. The van der Waals surface area contributed by atoms with E-state index in [1.165, 1.54) is 0 Å². The summed E-state index contributed by atoms with van der Waals surface area (Å²) in [6.07, 6.45) is 9.46. The number of hydrogen-bond donors (Lipinski definition) is 0. The SMILES string of the molecule is C=C[C@@H]1CCC(OCC)=[N+]1/C=C/CC. The summed E-state index contributed by atoms with van der Waals surface area (Å²) in [6, 6.07) is 0.416. The van der Waals surface area contributed by atoms with Crippen molar-refractivity contribution in [2.45, 2.75) is 39.2 Å². The molecule has 14 heavy (non-hydrogen) atoms. The molecule has 0 unspecified atom stereocenters. The molecule has 0 N–H and O–H groups in total. The molecule has 0 saturated heterocycles. The summed E-state index contributed by atoms with van der Waals surface area (Å²) in [5.74, 6) is 1.09. The maximum absolute atomic E-state index is 5.59. The van der Waals surface area contributed by atoms with Crippen LogP contribution in [0.2, 0.25) is 0 Å². The Morgan fingerprint density at radius 2 is 2.36 bits per heavy atom. The van der Waals surface area contributed by atoms with Gasteiger partial charge in [0.15, 0.2) is 12.2 Å². The third-order valence-electron chi connectivity index (χ3n) is 2.38. The van der Waals surface area contributed by atoms with Gasteiger partial charge in [0, 0.05) is 6.42 Å². The highest BCUT2D eigenvalue weighted by atomic mass is 16.5. The fourth-order valence-electron chi connectivity index (χ4n) is 1.68. The zero-order valence-corrected chi connectivity index (χ0v) is 9.20. The molecule has 0 aromatic rings. The summed E-state index contributed by atoms with van der Waals surface area (Å²) in [5.41, 5.74) is 0. The first kappa shape index (κ1) is 11.0. The molecule has 1 aliphatic rings. The van der Waals surface area contributed by atoms with E-state index in [0.29, 0.717) is 6.04 Å². The zero-order valence-electron chi connectivity index (χ0n) is 9.20. The Morgan fingerprint density at radius 3 is 2.93 bits per heavy atom. The molecule has 0 aromatic heterocycles. The molecule has 0 amide bonds. The van der Waals surface area contributed by atoms with Crippen LogP contribution in [0, 0.1) is 0 Å². The second-order valence-electron chi connectivity index (χ2n) is 3.37. The summed E-state index contributed by atoms with van der Waals surface area (Å²) in [7, 11) is 0. The van der Waals surface area contributed by atoms with Gasteiger partial charge in [0.05, 0.1) is 13.0 Å². The Kier molecular flexibility index (Phi) is 4.44. The fraction of sp³-hybridized carbons (Fsp3) is 0.583. The smallest absolute Gasteiger partial charge is 0.342 e. The van der Waals surface area contributed by atoms with Crippen LogP contribution in [0.3, 0.4) is 0 Å². The maximum atomic E-state index is 5.59. The van der Waals surface area contributed by atoms with E-state index < -0.39 is 0 Å². The molecule has 0 radical (unpaired) electrons. The Hall–Kier alpha value is -1.05. The van der Waals surface area contributed by atoms with Crippen LogP contribution in [0.4, 0.5) is 0 Å². The predicted octanol–water partition coefficient (Wildman–Crippen LogP) is 2.71. The minimum absolute atomic E-state index is 0.416. The molecule has 0 spiro atoms. The highest BCUT2D eigenvalue weighted by molar-refractivity contribution is 5.72. The lowest BCUT2D eigenvalue weighted by atomic mass is 10.2. The van der Waals surface area contributed by atoms with Crippen molar-refractivity contribution in [3.05, 3.63) is 24.9 Å². The highest BCUT2D eigenvalue weighted by Gasteiger charge is 2.30. The Balaban J connectivity index is 2.80. The van der Waals surface area contributed by atoms with Gasteiger partial charge < -0.3 is 4.74 Å². The second-order valence-corrected chi connectivity index (χ2v) is 3.37. The lowest BCUT2D eigenvalue weighted by Crippen LogP contribution is -2.19. The Bertz CT molecular complexity index is 253. The molecular weight excluding hydrogens is 174 g/mol. The lowest BCUT2D eigenvalue weighted by Gasteiger charge is -2.01. The quantitative estimate of drug-likeness (QED) is 0.495. The molecule has 0 aromatic carbocycles. The van der Waals surface area contributed by atoms with Gasteiger partial charge in [-0.25, -0.2) is 0 Å². The monoisotopic (exact) mass is 194 g/mol. The van der Waals surface area contributed by atoms with E-state index >= 15 is 0 Å². The first-order chi connectivity index (χ1) is 6.83. The topological polar surface area (TPSA) is 12.2 Å². The van der Waals surface area contributed by atoms with Gasteiger partial charge in [-0.15, -0.1) is 0 Å². The molecule has 0 aliphatic carbocycles. The van der Waals surface area contributed by atoms with Crippen LogP contribution >= 0.6 is 0 Å². The summed E-state index contributed by atoms with van der Waals surface area (Å²) in [6.45, 7) is 8.76. The van der Waals surface area contributed by atoms with Gasteiger partial charge in [-0.1, -0.05) is 13.5 Å². The molecule has 1 rings (SSSR count). The Labute approximate surface area is 86.6 Å². The van der Waals surface area contributed by atoms with Crippen molar-refractivity contribution in [2.75, 3.05) is 6.61 Å². The number of ether oxygens (including phenoxy) is 1. The molecule has 0 fully saturated rings. The molecule has 2 nitrogen and oxygen atoms in total. The van der Waals surface area contributed by atoms with E-state index in [0.717, 1.165) is 31.8 Å². The van der Waals surface area contributed by atoms with E-state index in [4.69, 9.17) is 4.74 Å². The van der Waals surface area contributed by atoms with Gasteiger partial charge in [0.1, 0.15) is 0 Å². The van der Waals surface area contributed by atoms with Gasteiger partial charge in [0.2, 0.25) is 0 Å². The van der Waals surface area contributed by atoms with Gasteiger partial charge >= 0.3 is 5.90 Å². The van der Waals surface area contributed by atoms with Crippen LogP contribution in [0.15, 0.2) is 24.9 Å². The Morgan fingerprint density at radius 1 is 1.57 bits per heavy atom. The number of hydrogen-bond acceptors (Lipinski definition) is 1. The summed E-state index contributed by atoms with van der Waals surface area (Å²) < 4.78 is 7.78. The van der Waals surface area contributed by atoms with Crippen molar-refractivity contribution in [3.63, 3.8) is 0 Å². The number of nitrogens with zero attached hydrogens (tertiary/aromatic N) is 1. The van der Waals surface area contributed by atoms with Crippen LogP contribution in [0.5, 0.6) is 0 Å². The second kappa shape index (κ2) is 5.63. The minimum atomic E-state index is 0.416. The molecule has 78 valence electrons. The van der Waals surface area contributed by atoms with E-state index in [1.807, 2.05) is 13.0 Å². The minimum Gasteiger partial charge on any atom is -0.448 e. The first-order valence-corrected chi connectivity index (χ1v) is 5.39. The molecule has 1 atom stereocenters. The van der Waals surface area contributed by atoms with Crippen LogP contribution in [0.25, 0.3) is 0 Å². The third-order valence-corrected chi connectivity index (χ3v) is 2.38. The van der Waals surface area contributed by atoms with Crippen LogP contribution < -0.4 is 0 Å². The first-order valence-electron chi connectivity index (χ1n) is 5.39. The van der Waals surface area contributed by atoms with Gasteiger partial charge in [-0.3, -0.25) is 0 Å². The predicted molar refractivity (Wildman–Crippen MR) is 59.5 cm³/mol. The van der Waals surface area contributed by atoms with Crippen molar-refractivity contribution in [1.29, 1.82) is 0 Å². The standard InChI is InChI=1S/C12H20NO/c1-4-7-10-13-11(5-2)8-9-12(13)14-6-3/h5,7,10-11H,2,4,6,8-9H2,1,3H3/q+1/b10-7+/t11-/m1/s1. The lowest BCUT2D eigenvalue weighted by molar-refractivity contribution is -0.486. The average molecular weight is 194 g/mol. The normalized spacial score (nSPS) is 22.0. The zero-order chi connectivity index (χ0) is 10.4. The van der Waals surface area contributed by atoms with Crippen LogP contribution in [-0.4, -0.2) is 23.1 Å². The molecule has 2 heteroatoms. The van der Waals surface area contributed by atoms with Crippen molar-refractivity contribution in [3.8, 4) is 0 Å². The van der Waals surface area contributed by atoms with E-state index in [-0.39, 0.29) is 0 Å². The van der Waals surface area contributed by atoms with Crippen molar-refractivity contribution in [2.24, 2.45) is 0 Å². The van der Waals surface area contributed by atoms with Gasteiger partial charge in [-0.2, -0.15) is 4.58 Å². The molecule has 1 aliphatic heterocycles. The molecule has 0 bridgehead atoms. The largest absolute Gasteiger partial charge is 0.448 e.